The normalized spacial score (nSPS) is 23.6. The molecule has 1 N–H and O–H groups in total. The smallest absolute Gasteiger partial charge is 0.228 e. The fourth-order valence-electron chi connectivity index (χ4n) is 2.41. The van der Waals surface area contributed by atoms with Crippen molar-refractivity contribution in [2.45, 2.75) is 13.8 Å². The molecule has 0 spiro atoms. The largest absolute Gasteiger partial charge is 0.326 e. The van der Waals surface area contributed by atoms with Crippen LogP contribution in [0.4, 0.5) is 5.69 Å². The molecule has 2 nitrogen and oxygen atoms in total. The lowest BCUT2D eigenvalue weighted by atomic mass is 10.1. The molecule has 102 valence electrons. The van der Waals surface area contributed by atoms with E-state index in [0.717, 1.165) is 0 Å². The standard InChI is InChI=1S/C14H14Cl3NO/c1-14(2)10(7-11(16)17)12(14)13(19)18-9-5-3-4-8(15)6-9/h3-7,10,12H,1-2H3,(H,18,19)/t10-,12-/m1/s1. The Morgan fingerprint density at radius 1 is 1.37 bits per heavy atom. The molecule has 0 heterocycles. The molecule has 1 aromatic carbocycles. The second kappa shape index (κ2) is 5.35. The number of carbonyl (C=O) groups is 1. The van der Waals surface area contributed by atoms with Crippen molar-refractivity contribution in [3.05, 3.63) is 39.9 Å². The van der Waals surface area contributed by atoms with E-state index in [2.05, 4.69) is 5.32 Å². The maximum atomic E-state index is 12.2. The minimum Gasteiger partial charge on any atom is -0.326 e. The van der Waals surface area contributed by atoms with E-state index in [0.29, 0.717) is 10.7 Å². The van der Waals surface area contributed by atoms with Gasteiger partial charge in [0.05, 0.1) is 5.92 Å². The number of carbonyl (C=O) groups excluding carboxylic acids is 1. The number of halogens is 3. The third-order valence-corrected chi connectivity index (χ3v) is 4.08. The van der Waals surface area contributed by atoms with Crippen molar-refractivity contribution >= 4 is 46.4 Å². The van der Waals surface area contributed by atoms with Crippen LogP contribution in [-0.2, 0) is 4.79 Å². The summed E-state index contributed by atoms with van der Waals surface area (Å²) in [6.45, 7) is 4.04. The summed E-state index contributed by atoms with van der Waals surface area (Å²) in [7, 11) is 0. The van der Waals surface area contributed by atoms with Crippen LogP contribution in [0.5, 0.6) is 0 Å². The Balaban J connectivity index is 2.08. The molecular weight excluding hydrogens is 305 g/mol. The van der Waals surface area contributed by atoms with Gasteiger partial charge in [0.2, 0.25) is 5.91 Å². The lowest BCUT2D eigenvalue weighted by molar-refractivity contribution is -0.118. The lowest BCUT2D eigenvalue weighted by Crippen LogP contribution is -2.16. The Labute approximate surface area is 127 Å². The Bertz CT molecular complexity index is 535. The fraction of sp³-hybridized carbons (Fsp3) is 0.357. The highest BCUT2D eigenvalue weighted by Gasteiger charge is 2.60. The summed E-state index contributed by atoms with van der Waals surface area (Å²) in [5, 5.41) is 3.46. The Morgan fingerprint density at radius 3 is 2.63 bits per heavy atom. The molecule has 0 bridgehead atoms. The summed E-state index contributed by atoms with van der Waals surface area (Å²) in [6, 6.07) is 7.08. The number of hydrogen-bond donors (Lipinski definition) is 1. The first-order valence-corrected chi connectivity index (χ1v) is 7.05. The first kappa shape index (κ1) is 14.7. The minimum absolute atomic E-state index is 0.0388. The van der Waals surface area contributed by atoms with E-state index < -0.39 is 0 Å². The Hall–Kier alpha value is -0.700. The molecule has 0 unspecified atom stereocenters. The average molecular weight is 319 g/mol. The molecule has 2 atom stereocenters. The fourth-order valence-corrected chi connectivity index (χ4v) is 2.87. The summed E-state index contributed by atoms with van der Waals surface area (Å²) in [5.41, 5.74) is 0.567. The van der Waals surface area contributed by atoms with E-state index >= 15 is 0 Å². The van der Waals surface area contributed by atoms with Gasteiger partial charge in [-0.3, -0.25) is 4.79 Å². The summed E-state index contributed by atoms with van der Waals surface area (Å²) < 4.78 is 0.205. The van der Waals surface area contributed by atoms with Crippen LogP contribution in [0.25, 0.3) is 0 Å². The first-order chi connectivity index (χ1) is 8.82. The highest BCUT2D eigenvalue weighted by Crippen LogP contribution is 2.60. The van der Waals surface area contributed by atoms with Gasteiger partial charge in [-0.2, -0.15) is 0 Å². The molecule has 0 aliphatic heterocycles. The van der Waals surface area contributed by atoms with Gasteiger partial charge in [0.1, 0.15) is 4.49 Å². The van der Waals surface area contributed by atoms with Gasteiger partial charge in [-0.05, 0) is 35.6 Å². The molecule has 0 aromatic heterocycles. The highest BCUT2D eigenvalue weighted by atomic mass is 35.5. The molecule has 0 saturated heterocycles. The van der Waals surface area contributed by atoms with E-state index in [1.165, 1.54) is 0 Å². The minimum atomic E-state index is -0.127. The lowest BCUT2D eigenvalue weighted by Gasteiger charge is -2.06. The molecule has 2 rings (SSSR count). The molecular formula is C14H14Cl3NO. The van der Waals surface area contributed by atoms with Crippen LogP contribution in [0, 0.1) is 17.3 Å². The molecule has 19 heavy (non-hydrogen) atoms. The highest BCUT2D eigenvalue weighted by molar-refractivity contribution is 6.55. The predicted molar refractivity (Wildman–Crippen MR) is 80.6 cm³/mol. The Kier molecular flexibility index (Phi) is 4.14. The van der Waals surface area contributed by atoms with Gasteiger partial charge in [-0.25, -0.2) is 0 Å². The molecule has 1 aromatic rings. The van der Waals surface area contributed by atoms with Gasteiger partial charge >= 0.3 is 0 Å². The zero-order chi connectivity index (χ0) is 14.2. The maximum absolute atomic E-state index is 12.2. The third-order valence-electron chi connectivity index (χ3n) is 3.59. The van der Waals surface area contributed by atoms with E-state index in [4.69, 9.17) is 34.8 Å². The van der Waals surface area contributed by atoms with Crippen molar-refractivity contribution in [1.29, 1.82) is 0 Å². The van der Waals surface area contributed by atoms with Crippen molar-refractivity contribution in [2.75, 3.05) is 5.32 Å². The van der Waals surface area contributed by atoms with E-state index in [9.17, 15) is 4.79 Å². The molecule has 1 aliphatic rings. The molecule has 5 heteroatoms. The van der Waals surface area contributed by atoms with Crippen molar-refractivity contribution in [3.63, 3.8) is 0 Å². The second-order valence-electron chi connectivity index (χ2n) is 5.28. The van der Waals surface area contributed by atoms with Gasteiger partial charge in [0.15, 0.2) is 0 Å². The number of allylic oxidation sites excluding steroid dienone is 1. The van der Waals surface area contributed by atoms with E-state index in [1.807, 2.05) is 13.8 Å². The van der Waals surface area contributed by atoms with Crippen LogP contribution in [0.2, 0.25) is 5.02 Å². The van der Waals surface area contributed by atoms with Gasteiger partial charge in [-0.15, -0.1) is 0 Å². The quantitative estimate of drug-likeness (QED) is 0.846. The molecule has 1 fully saturated rings. The summed E-state index contributed by atoms with van der Waals surface area (Å²) in [6.07, 6.45) is 1.73. The van der Waals surface area contributed by atoms with E-state index in [1.54, 1.807) is 30.3 Å². The van der Waals surface area contributed by atoms with E-state index in [-0.39, 0.29) is 27.6 Å². The SMILES string of the molecule is CC1(C)[C@H](C=C(Cl)Cl)[C@@H]1C(=O)Nc1cccc(Cl)c1. The number of nitrogens with one attached hydrogen (secondary N) is 1. The number of benzene rings is 1. The van der Waals surface area contributed by atoms with Crippen LogP contribution in [0.3, 0.4) is 0 Å². The average Bonchev–Trinajstić information content (AvgIpc) is 2.79. The molecule has 0 radical (unpaired) electrons. The maximum Gasteiger partial charge on any atom is 0.228 e. The van der Waals surface area contributed by atoms with Crippen molar-refractivity contribution in [2.24, 2.45) is 17.3 Å². The number of amides is 1. The topological polar surface area (TPSA) is 29.1 Å². The van der Waals surface area contributed by atoms with Gasteiger partial charge < -0.3 is 5.32 Å². The van der Waals surface area contributed by atoms with Gasteiger partial charge in [0.25, 0.3) is 0 Å². The van der Waals surface area contributed by atoms with Crippen LogP contribution in [-0.4, -0.2) is 5.91 Å². The zero-order valence-electron chi connectivity index (χ0n) is 10.6. The first-order valence-electron chi connectivity index (χ1n) is 5.91. The van der Waals surface area contributed by atoms with Crippen LogP contribution in [0.1, 0.15) is 13.8 Å². The third kappa shape index (κ3) is 3.25. The molecule has 1 saturated carbocycles. The second-order valence-corrected chi connectivity index (χ2v) is 6.73. The summed E-state index contributed by atoms with van der Waals surface area (Å²) in [5.74, 6) is -0.0984. The van der Waals surface area contributed by atoms with Gasteiger partial charge in [0, 0.05) is 10.7 Å². The molecule has 1 amide bonds. The summed E-state index contributed by atoms with van der Waals surface area (Å²) in [4.78, 5) is 12.2. The number of rotatable bonds is 3. The van der Waals surface area contributed by atoms with Crippen LogP contribution >= 0.6 is 34.8 Å². The zero-order valence-corrected chi connectivity index (χ0v) is 12.9. The summed E-state index contributed by atoms with van der Waals surface area (Å²) >= 11 is 17.2. The number of anilines is 1. The van der Waals surface area contributed by atoms with Crippen molar-refractivity contribution < 1.29 is 4.79 Å². The van der Waals surface area contributed by atoms with Crippen molar-refractivity contribution in [1.82, 2.24) is 0 Å². The van der Waals surface area contributed by atoms with Crippen molar-refractivity contribution in [3.8, 4) is 0 Å². The predicted octanol–water partition coefficient (Wildman–Crippen LogP) is 4.87. The molecule has 1 aliphatic carbocycles. The Morgan fingerprint density at radius 2 is 2.05 bits per heavy atom. The number of hydrogen-bond acceptors (Lipinski definition) is 1. The van der Waals surface area contributed by atoms with Crippen LogP contribution in [0.15, 0.2) is 34.8 Å². The van der Waals surface area contributed by atoms with Crippen LogP contribution < -0.4 is 5.32 Å². The monoisotopic (exact) mass is 317 g/mol. The van der Waals surface area contributed by atoms with Gasteiger partial charge in [-0.1, -0.05) is 54.7 Å².